The Kier molecular flexibility index (Phi) is 4.17. The number of aryl methyl sites for hydroxylation is 1. The molecule has 22 heavy (non-hydrogen) atoms. The molecule has 1 amide bonds. The average molecular weight is 301 g/mol. The van der Waals surface area contributed by atoms with E-state index >= 15 is 0 Å². The lowest BCUT2D eigenvalue weighted by molar-refractivity contribution is 0.0927. The van der Waals surface area contributed by atoms with Gasteiger partial charge in [-0.25, -0.2) is 9.67 Å². The summed E-state index contributed by atoms with van der Waals surface area (Å²) >= 11 is 0. The van der Waals surface area contributed by atoms with Gasteiger partial charge in [0.05, 0.1) is 11.8 Å². The molecule has 1 saturated heterocycles. The van der Waals surface area contributed by atoms with Crippen molar-refractivity contribution in [1.82, 2.24) is 25.4 Å². The van der Waals surface area contributed by atoms with Crippen molar-refractivity contribution in [2.24, 2.45) is 5.92 Å². The Bertz CT molecular complexity index is 656. The van der Waals surface area contributed by atoms with Crippen LogP contribution in [0.4, 0.5) is 0 Å². The van der Waals surface area contributed by atoms with Crippen LogP contribution in [-0.2, 0) is 0 Å². The first-order chi connectivity index (χ1) is 10.6. The van der Waals surface area contributed by atoms with Crippen molar-refractivity contribution in [3.8, 4) is 5.69 Å². The van der Waals surface area contributed by atoms with Gasteiger partial charge >= 0.3 is 0 Å². The van der Waals surface area contributed by atoms with Gasteiger partial charge in [-0.3, -0.25) is 4.79 Å². The standard InChI is InChI=1S/C15H19N5O2/c1-10-4-11(2-3-13(10)20-9-17-8-19-20)15(22)18-6-12-5-16-7-14(12)21/h2-4,8-9,12,14,16,21H,5-7H2,1H3,(H,18,22). The predicted octanol–water partition coefficient (Wildman–Crippen LogP) is -0.114. The number of hydrogen-bond donors (Lipinski definition) is 3. The van der Waals surface area contributed by atoms with E-state index in [0.29, 0.717) is 18.7 Å². The molecule has 1 aliphatic heterocycles. The zero-order valence-corrected chi connectivity index (χ0v) is 12.4. The van der Waals surface area contributed by atoms with E-state index in [0.717, 1.165) is 17.8 Å². The summed E-state index contributed by atoms with van der Waals surface area (Å²) in [6.45, 7) is 3.72. The quantitative estimate of drug-likeness (QED) is 0.732. The minimum Gasteiger partial charge on any atom is -0.391 e. The fourth-order valence-corrected chi connectivity index (χ4v) is 2.64. The number of hydrogen-bond acceptors (Lipinski definition) is 5. The zero-order valence-electron chi connectivity index (χ0n) is 12.4. The maximum Gasteiger partial charge on any atom is 0.251 e. The van der Waals surface area contributed by atoms with Crippen molar-refractivity contribution in [2.45, 2.75) is 13.0 Å². The molecule has 1 aromatic carbocycles. The van der Waals surface area contributed by atoms with Crippen LogP contribution in [-0.4, -0.2) is 51.5 Å². The summed E-state index contributed by atoms with van der Waals surface area (Å²) in [5, 5.41) is 19.8. The molecular formula is C15H19N5O2. The molecule has 0 saturated carbocycles. The second-order valence-electron chi connectivity index (χ2n) is 5.54. The van der Waals surface area contributed by atoms with Crippen LogP contribution in [0.15, 0.2) is 30.9 Å². The van der Waals surface area contributed by atoms with Crippen LogP contribution in [0, 0.1) is 12.8 Å². The Hall–Kier alpha value is -2.25. The largest absolute Gasteiger partial charge is 0.391 e. The second kappa shape index (κ2) is 6.25. The van der Waals surface area contributed by atoms with Gasteiger partial charge in [0, 0.05) is 31.1 Å². The van der Waals surface area contributed by atoms with Gasteiger partial charge in [0.2, 0.25) is 0 Å². The second-order valence-corrected chi connectivity index (χ2v) is 5.54. The maximum atomic E-state index is 12.2. The molecule has 1 fully saturated rings. The van der Waals surface area contributed by atoms with Crippen LogP contribution in [0.3, 0.4) is 0 Å². The van der Waals surface area contributed by atoms with Gasteiger partial charge < -0.3 is 15.7 Å². The van der Waals surface area contributed by atoms with Gasteiger partial charge in [-0.1, -0.05) is 0 Å². The van der Waals surface area contributed by atoms with Crippen molar-refractivity contribution < 1.29 is 9.90 Å². The number of carbonyl (C=O) groups excluding carboxylic acids is 1. The summed E-state index contributed by atoms with van der Waals surface area (Å²) in [7, 11) is 0. The third-order valence-corrected chi connectivity index (χ3v) is 3.95. The van der Waals surface area contributed by atoms with Gasteiger partial charge in [-0.15, -0.1) is 0 Å². The third-order valence-electron chi connectivity index (χ3n) is 3.95. The number of aliphatic hydroxyl groups is 1. The summed E-state index contributed by atoms with van der Waals surface area (Å²) in [6, 6.07) is 5.45. The molecule has 0 bridgehead atoms. The molecular weight excluding hydrogens is 282 g/mol. The van der Waals surface area contributed by atoms with Crippen molar-refractivity contribution in [2.75, 3.05) is 19.6 Å². The SMILES string of the molecule is Cc1cc(C(=O)NCC2CNCC2O)ccc1-n1cncn1. The summed E-state index contributed by atoms with van der Waals surface area (Å²) in [5.74, 6) is -0.0631. The Morgan fingerprint density at radius 3 is 3.00 bits per heavy atom. The molecule has 7 nitrogen and oxygen atoms in total. The molecule has 3 N–H and O–H groups in total. The van der Waals surface area contributed by atoms with E-state index in [1.54, 1.807) is 17.1 Å². The van der Waals surface area contributed by atoms with Gasteiger partial charge in [-0.05, 0) is 30.7 Å². The third kappa shape index (κ3) is 3.00. The van der Waals surface area contributed by atoms with Crippen LogP contribution in [0.2, 0.25) is 0 Å². The first-order valence-corrected chi connectivity index (χ1v) is 7.28. The summed E-state index contributed by atoms with van der Waals surface area (Å²) in [4.78, 5) is 16.1. The molecule has 1 aromatic heterocycles. The summed E-state index contributed by atoms with van der Waals surface area (Å²) in [5.41, 5.74) is 2.44. The number of carbonyl (C=O) groups is 1. The van der Waals surface area contributed by atoms with Crippen molar-refractivity contribution in [3.63, 3.8) is 0 Å². The fourth-order valence-electron chi connectivity index (χ4n) is 2.64. The van der Waals surface area contributed by atoms with Crippen LogP contribution >= 0.6 is 0 Å². The lowest BCUT2D eigenvalue weighted by atomic mass is 10.1. The van der Waals surface area contributed by atoms with Gasteiger partial charge in [0.1, 0.15) is 12.7 Å². The average Bonchev–Trinajstić information content (AvgIpc) is 3.16. The molecule has 0 spiro atoms. The van der Waals surface area contributed by atoms with Crippen LogP contribution < -0.4 is 10.6 Å². The first kappa shape index (κ1) is 14.7. The smallest absolute Gasteiger partial charge is 0.251 e. The van der Waals surface area contributed by atoms with Gasteiger partial charge in [0.25, 0.3) is 5.91 Å². The molecule has 0 radical (unpaired) electrons. The van der Waals surface area contributed by atoms with Crippen LogP contribution in [0.5, 0.6) is 0 Å². The van der Waals surface area contributed by atoms with Crippen molar-refractivity contribution >= 4 is 5.91 Å². The number of nitrogens with one attached hydrogen (secondary N) is 2. The monoisotopic (exact) mass is 301 g/mol. The van der Waals surface area contributed by atoms with E-state index in [4.69, 9.17) is 0 Å². The topological polar surface area (TPSA) is 92.1 Å². The summed E-state index contributed by atoms with van der Waals surface area (Å²) in [6.07, 6.45) is 2.70. The molecule has 2 heterocycles. The highest BCUT2D eigenvalue weighted by Gasteiger charge is 2.25. The number of aliphatic hydroxyl groups excluding tert-OH is 1. The highest BCUT2D eigenvalue weighted by atomic mass is 16.3. The number of benzene rings is 1. The molecule has 7 heteroatoms. The van der Waals surface area contributed by atoms with E-state index in [1.165, 1.54) is 6.33 Å². The first-order valence-electron chi connectivity index (χ1n) is 7.28. The minimum absolute atomic E-state index is 0.0690. The lowest BCUT2D eigenvalue weighted by Gasteiger charge is -2.14. The molecule has 3 rings (SSSR count). The van der Waals surface area contributed by atoms with E-state index in [2.05, 4.69) is 20.7 Å². The Morgan fingerprint density at radius 1 is 1.50 bits per heavy atom. The highest BCUT2D eigenvalue weighted by Crippen LogP contribution is 2.15. The van der Waals surface area contributed by atoms with Crippen LogP contribution in [0.25, 0.3) is 5.69 Å². The van der Waals surface area contributed by atoms with E-state index < -0.39 is 6.10 Å². The predicted molar refractivity (Wildman–Crippen MR) is 80.8 cm³/mol. The minimum atomic E-state index is -0.392. The van der Waals surface area contributed by atoms with Crippen LogP contribution in [0.1, 0.15) is 15.9 Å². The highest BCUT2D eigenvalue weighted by molar-refractivity contribution is 5.94. The molecule has 0 aliphatic carbocycles. The fraction of sp³-hybridized carbons (Fsp3) is 0.400. The van der Waals surface area contributed by atoms with Gasteiger partial charge in [-0.2, -0.15) is 5.10 Å². The Balaban J connectivity index is 1.67. The molecule has 1 aliphatic rings. The molecule has 2 atom stereocenters. The number of amides is 1. The Labute approximate surface area is 128 Å². The molecule has 116 valence electrons. The van der Waals surface area contributed by atoms with Gasteiger partial charge in [0.15, 0.2) is 0 Å². The molecule has 2 unspecified atom stereocenters. The number of nitrogens with zero attached hydrogens (tertiary/aromatic N) is 3. The molecule has 2 aromatic rings. The summed E-state index contributed by atoms with van der Waals surface area (Å²) < 4.78 is 1.66. The lowest BCUT2D eigenvalue weighted by Crippen LogP contribution is -2.34. The number of β-amino-alcohol motifs (C(OH)–C–C–N with tert-alkyl or cyclic N) is 1. The number of rotatable bonds is 4. The van der Waals surface area contributed by atoms with E-state index in [1.807, 2.05) is 19.1 Å². The normalized spacial score (nSPS) is 21.0. The van der Waals surface area contributed by atoms with E-state index in [-0.39, 0.29) is 11.8 Å². The van der Waals surface area contributed by atoms with Crippen molar-refractivity contribution in [1.29, 1.82) is 0 Å². The van der Waals surface area contributed by atoms with Crippen molar-refractivity contribution in [3.05, 3.63) is 42.0 Å². The maximum absolute atomic E-state index is 12.2. The Morgan fingerprint density at radius 2 is 2.36 bits per heavy atom. The zero-order chi connectivity index (χ0) is 15.5. The van der Waals surface area contributed by atoms with E-state index in [9.17, 15) is 9.90 Å². The number of aromatic nitrogens is 3.